The van der Waals surface area contributed by atoms with Gasteiger partial charge < -0.3 is 11.1 Å². The summed E-state index contributed by atoms with van der Waals surface area (Å²) in [4.78, 5) is 12.8. The lowest BCUT2D eigenvalue weighted by Gasteiger charge is -2.31. The second-order valence-corrected chi connectivity index (χ2v) is 6.95. The molecule has 3 nitrogen and oxygen atoms in total. The fourth-order valence-corrected chi connectivity index (χ4v) is 2.58. The zero-order valence-corrected chi connectivity index (χ0v) is 14.0. The molecular formula is C15H30N2OS. The molecule has 0 fully saturated rings. The summed E-state index contributed by atoms with van der Waals surface area (Å²) in [5.74, 6) is 0.00736. The predicted molar refractivity (Wildman–Crippen MR) is 86.1 cm³/mol. The average molecular weight is 286 g/mol. The summed E-state index contributed by atoms with van der Waals surface area (Å²) in [6.07, 6.45) is 4.23. The van der Waals surface area contributed by atoms with Crippen molar-refractivity contribution in [2.24, 2.45) is 16.6 Å². The van der Waals surface area contributed by atoms with Crippen LogP contribution in [0, 0.1) is 10.8 Å². The highest BCUT2D eigenvalue weighted by Crippen LogP contribution is 2.31. The van der Waals surface area contributed by atoms with Gasteiger partial charge in [0.05, 0.1) is 10.4 Å². The molecule has 0 aliphatic rings. The van der Waals surface area contributed by atoms with Gasteiger partial charge in [0.2, 0.25) is 5.91 Å². The van der Waals surface area contributed by atoms with E-state index in [1.807, 2.05) is 0 Å². The van der Waals surface area contributed by atoms with Gasteiger partial charge in [0.15, 0.2) is 0 Å². The maximum absolute atomic E-state index is 12.5. The highest BCUT2D eigenvalue weighted by Gasteiger charge is 2.39. The van der Waals surface area contributed by atoms with Crippen molar-refractivity contribution in [2.45, 2.75) is 66.7 Å². The van der Waals surface area contributed by atoms with E-state index >= 15 is 0 Å². The third-order valence-electron chi connectivity index (χ3n) is 3.42. The van der Waals surface area contributed by atoms with Crippen LogP contribution in [0.2, 0.25) is 0 Å². The number of thiocarbonyl (C=S) groups is 1. The maximum Gasteiger partial charge on any atom is 0.233 e. The van der Waals surface area contributed by atoms with Crippen LogP contribution in [0.1, 0.15) is 66.7 Å². The minimum atomic E-state index is -0.656. The Balaban J connectivity index is 4.76. The molecule has 1 amide bonds. The van der Waals surface area contributed by atoms with Gasteiger partial charge in [-0.1, -0.05) is 59.7 Å². The lowest BCUT2D eigenvalue weighted by Crippen LogP contribution is -2.49. The molecule has 0 heterocycles. The minimum absolute atomic E-state index is 0.00736. The topological polar surface area (TPSA) is 55.1 Å². The van der Waals surface area contributed by atoms with E-state index in [0.717, 1.165) is 32.1 Å². The third-order valence-corrected chi connectivity index (χ3v) is 3.81. The molecule has 0 aliphatic carbocycles. The van der Waals surface area contributed by atoms with Crippen molar-refractivity contribution in [3.8, 4) is 0 Å². The fourth-order valence-electron chi connectivity index (χ4n) is 2.28. The number of amides is 1. The Morgan fingerprint density at radius 3 is 1.89 bits per heavy atom. The van der Waals surface area contributed by atoms with Crippen LogP contribution in [0.15, 0.2) is 0 Å². The third kappa shape index (κ3) is 5.89. The SMILES string of the molecule is CCCC(CCC)(C(=O)NCCC(C)(C)C)C(N)=S. The monoisotopic (exact) mass is 286 g/mol. The summed E-state index contributed by atoms with van der Waals surface area (Å²) in [6, 6.07) is 0. The van der Waals surface area contributed by atoms with Gasteiger partial charge in [0.25, 0.3) is 0 Å². The van der Waals surface area contributed by atoms with E-state index in [1.54, 1.807) is 0 Å². The van der Waals surface area contributed by atoms with Gasteiger partial charge >= 0.3 is 0 Å². The van der Waals surface area contributed by atoms with Crippen LogP contribution in [0.5, 0.6) is 0 Å². The number of carbonyl (C=O) groups excluding carboxylic acids is 1. The first-order valence-electron chi connectivity index (χ1n) is 7.28. The highest BCUT2D eigenvalue weighted by molar-refractivity contribution is 7.80. The molecule has 0 saturated heterocycles. The molecule has 0 saturated carbocycles. The zero-order chi connectivity index (χ0) is 15.1. The van der Waals surface area contributed by atoms with Crippen molar-refractivity contribution >= 4 is 23.1 Å². The van der Waals surface area contributed by atoms with E-state index in [-0.39, 0.29) is 11.3 Å². The summed E-state index contributed by atoms with van der Waals surface area (Å²) in [7, 11) is 0. The molecule has 0 rings (SSSR count). The Labute approximate surface area is 123 Å². The second kappa shape index (κ2) is 7.83. The van der Waals surface area contributed by atoms with E-state index < -0.39 is 5.41 Å². The number of hydrogen-bond donors (Lipinski definition) is 2. The number of nitrogens with two attached hydrogens (primary N) is 1. The number of carbonyl (C=O) groups is 1. The molecule has 0 aromatic rings. The molecule has 0 atom stereocenters. The Hall–Kier alpha value is -0.640. The molecule has 0 aliphatic heterocycles. The van der Waals surface area contributed by atoms with Crippen molar-refractivity contribution in [1.82, 2.24) is 5.32 Å². The maximum atomic E-state index is 12.5. The van der Waals surface area contributed by atoms with Gasteiger partial charge in [0.1, 0.15) is 0 Å². The summed E-state index contributed by atoms with van der Waals surface area (Å²) < 4.78 is 0. The Bertz CT molecular complexity index is 302. The summed E-state index contributed by atoms with van der Waals surface area (Å²) >= 11 is 5.18. The van der Waals surface area contributed by atoms with E-state index in [1.165, 1.54) is 0 Å². The molecule has 112 valence electrons. The van der Waals surface area contributed by atoms with E-state index in [0.29, 0.717) is 11.5 Å². The van der Waals surface area contributed by atoms with Gasteiger partial charge in [-0.3, -0.25) is 4.79 Å². The standard InChI is InChI=1S/C15H30N2OS/c1-6-8-15(9-7-2,12(16)19)13(18)17-11-10-14(3,4)5/h6-11H2,1-5H3,(H2,16,19)(H,17,18). The molecule has 0 unspecified atom stereocenters. The van der Waals surface area contributed by atoms with Crippen molar-refractivity contribution in [3.63, 3.8) is 0 Å². The first kappa shape index (κ1) is 18.4. The van der Waals surface area contributed by atoms with Crippen LogP contribution >= 0.6 is 12.2 Å². The minimum Gasteiger partial charge on any atom is -0.392 e. The van der Waals surface area contributed by atoms with Gasteiger partial charge in [-0.2, -0.15) is 0 Å². The normalized spacial score (nSPS) is 12.3. The van der Waals surface area contributed by atoms with Gasteiger partial charge in [-0.25, -0.2) is 0 Å². The lowest BCUT2D eigenvalue weighted by atomic mass is 9.78. The smallest absolute Gasteiger partial charge is 0.233 e. The Morgan fingerprint density at radius 2 is 1.58 bits per heavy atom. The molecule has 0 bridgehead atoms. The van der Waals surface area contributed by atoms with Gasteiger partial charge in [0, 0.05) is 6.54 Å². The number of hydrogen-bond acceptors (Lipinski definition) is 2. The van der Waals surface area contributed by atoms with E-state index in [2.05, 4.69) is 39.9 Å². The average Bonchev–Trinajstić information content (AvgIpc) is 2.26. The first-order chi connectivity index (χ1) is 8.69. The molecule has 3 N–H and O–H groups in total. The van der Waals surface area contributed by atoms with Crippen LogP contribution < -0.4 is 11.1 Å². The number of rotatable bonds is 8. The van der Waals surface area contributed by atoms with Crippen LogP contribution in [0.25, 0.3) is 0 Å². The molecule has 4 heteroatoms. The van der Waals surface area contributed by atoms with Gasteiger partial charge in [-0.15, -0.1) is 0 Å². The second-order valence-electron chi connectivity index (χ2n) is 6.51. The fraction of sp³-hybridized carbons (Fsp3) is 0.867. The van der Waals surface area contributed by atoms with Crippen molar-refractivity contribution in [1.29, 1.82) is 0 Å². The number of nitrogens with one attached hydrogen (secondary N) is 1. The van der Waals surface area contributed by atoms with Crippen LogP contribution in [0.4, 0.5) is 0 Å². The van der Waals surface area contributed by atoms with Crippen LogP contribution in [-0.2, 0) is 4.79 Å². The molecule has 19 heavy (non-hydrogen) atoms. The van der Waals surface area contributed by atoms with E-state index in [4.69, 9.17) is 18.0 Å². The quantitative estimate of drug-likeness (QED) is 0.672. The highest BCUT2D eigenvalue weighted by atomic mass is 32.1. The van der Waals surface area contributed by atoms with Gasteiger partial charge in [-0.05, 0) is 24.7 Å². The zero-order valence-electron chi connectivity index (χ0n) is 13.1. The Morgan fingerprint density at radius 1 is 1.11 bits per heavy atom. The largest absolute Gasteiger partial charge is 0.392 e. The van der Waals surface area contributed by atoms with Crippen molar-refractivity contribution < 1.29 is 4.79 Å². The molecular weight excluding hydrogens is 256 g/mol. The lowest BCUT2D eigenvalue weighted by molar-refractivity contribution is -0.128. The van der Waals surface area contributed by atoms with Crippen LogP contribution in [-0.4, -0.2) is 17.4 Å². The van der Waals surface area contributed by atoms with E-state index in [9.17, 15) is 4.79 Å². The molecule has 0 aromatic carbocycles. The van der Waals surface area contributed by atoms with Crippen molar-refractivity contribution in [3.05, 3.63) is 0 Å². The van der Waals surface area contributed by atoms with Crippen LogP contribution in [0.3, 0.4) is 0 Å². The summed E-state index contributed by atoms with van der Waals surface area (Å²) in [5.41, 5.74) is 5.43. The predicted octanol–water partition coefficient (Wildman–Crippen LogP) is 3.41. The molecule has 0 aromatic heterocycles. The summed E-state index contributed by atoms with van der Waals surface area (Å²) in [6.45, 7) is 11.3. The summed E-state index contributed by atoms with van der Waals surface area (Å²) in [5, 5.41) is 3.02. The van der Waals surface area contributed by atoms with Crippen molar-refractivity contribution in [2.75, 3.05) is 6.54 Å². The molecule has 0 spiro atoms. The first-order valence-corrected chi connectivity index (χ1v) is 7.68. The Kier molecular flexibility index (Phi) is 7.57. The molecule has 0 radical (unpaired) electrons.